The fourth-order valence-corrected chi connectivity index (χ4v) is 3.09. The second-order valence-electron chi connectivity index (χ2n) is 8.39. The van der Waals surface area contributed by atoms with Crippen molar-refractivity contribution in [2.24, 2.45) is 0 Å². The molecule has 7 heteroatoms. The van der Waals surface area contributed by atoms with Gasteiger partial charge in [-0.1, -0.05) is 48.5 Å². The van der Waals surface area contributed by atoms with Gasteiger partial charge in [-0.15, -0.1) is 0 Å². The Bertz CT molecular complexity index is 1050. The molecule has 0 aliphatic rings. The van der Waals surface area contributed by atoms with Gasteiger partial charge in [-0.3, -0.25) is 9.36 Å². The van der Waals surface area contributed by atoms with Crippen molar-refractivity contribution in [1.29, 1.82) is 0 Å². The molecule has 0 spiro atoms. The van der Waals surface area contributed by atoms with Gasteiger partial charge in [0.1, 0.15) is 5.60 Å². The Hall–Kier alpha value is -3.61. The van der Waals surface area contributed by atoms with Crippen LogP contribution in [0.3, 0.4) is 0 Å². The van der Waals surface area contributed by atoms with Crippen molar-refractivity contribution in [3.8, 4) is 5.69 Å². The Morgan fingerprint density at radius 1 is 1.00 bits per heavy atom. The summed E-state index contributed by atoms with van der Waals surface area (Å²) >= 11 is 0. The van der Waals surface area contributed by atoms with E-state index in [1.165, 1.54) is 0 Å². The topological polar surface area (TPSA) is 76.5 Å². The molecular weight excluding hydrogens is 392 g/mol. The van der Waals surface area contributed by atoms with E-state index in [0.717, 1.165) is 11.3 Å². The number of amides is 1. The lowest BCUT2D eigenvalue weighted by Crippen LogP contribution is -2.27. The average Bonchev–Trinajstić information content (AvgIpc) is 3.07. The van der Waals surface area contributed by atoms with Crippen molar-refractivity contribution in [3.05, 3.63) is 71.9 Å². The molecule has 0 aliphatic carbocycles. The Labute approximate surface area is 182 Å². The molecule has 1 N–H and O–H groups in total. The quantitative estimate of drug-likeness (QED) is 0.608. The molecule has 1 aromatic heterocycles. The number of hydrogen-bond acceptors (Lipinski definition) is 5. The molecule has 0 saturated heterocycles. The van der Waals surface area contributed by atoms with Crippen LogP contribution < -0.4 is 10.2 Å². The standard InChI is InChI=1S/C24H28N4O3/c1-24(2,3)31-22(30)20-21(25-19(29)16-17-12-8-6-9-13-17)26-23(27(4)5)28(20)18-14-10-7-11-15-18/h6-15H,16H2,1-5H3,(H,25,29). The smallest absolute Gasteiger partial charge is 0.359 e. The van der Waals surface area contributed by atoms with Gasteiger partial charge in [0.05, 0.1) is 6.42 Å². The highest BCUT2D eigenvalue weighted by Gasteiger charge is 2.30. The van der Waals surface area contributed by atoms with Crippen molar-refractivity contribution in [2.75, 3.05) is 24.3 Å². The molecule has 3 aromatic rings. The third-order valence-electron chi connectivity index (χ3n) is 4.33. The number of rotatable bonds is 6. The minimum atomic E-state index is -0.702. The molecule has 0 aliphatic heterocycles. The molecule has 1 amide bonds. The van der Waals surface area contributed by atoms with E-state index in [4.69, 9.17) is 4.74 Å². The zero-order chi connectivity index (χ0) is 22.6. The fourth-order valence-electron chi connectivity index (χ4n) is 3.09. The van der Waals surface area contributed by atoms with E-state index < -0.39 is 11.6 Å². The molecule has 0 fully saturated rings. The van der Waals surface area contributed by atoms with Gasteiger partial charge in [0, 0.05) is 19.8 Å². The van der Waals surface area contributed by atoms with Crippen molar-refractivity contribution in [2.45, 2.75) is 32.8 Å². The second kappa shape index (κ2) is 9.04. The van der Waals surface area contributed by atoms with Crippen LogP contribution in [0, 0.1) is 0 Å². The number of nitrogens with one attached hydrogen (secondary N) is 1. The predicted molar refractivity (Wildman–Crippen MR) is 122 cm³/mol. The maximum Gasteiger partial charge on any atom is 0.359 e. The average molecular weight is 421 g/mol. The molecule has 31 heavy (non-hydrogen) atoms. The number of carbonyl (C=O) groups excluding carboxylic acids is 2. The van der Waals surface area contributed by atoms with Crippen molar-refractivity contribution in [1.82, 2.24) is 9.55 Å². The number of anilines is 2. The van der Waals surface area contributed by atoms with E-state index in [2.05, 4.69) is 10.3 Å². The van der Waals surface area contributed by atoms with Crippen molar-refractivity contribution >= 4 is 23.6 Å². The zero-order valence-electron chi connectivity index (χ0n) is 18.5. The number of aromatic nitrogens is 2. The lowest BCUT2D eigenvalue weighted by Gasteiger charge is -2.21. The number of para-hydroxylation sites is 1. The number of ether oxygens (including phenoxy) is 1. The van der Waals surface area contributed by atoms with Crippen LogP contribution in [-0.4, -0.2) is 41.1 Å². The molecule has 0 saturated carbocycles. The van der Waals surface area contributed by atoms with E-state index in [1.54, 1.807) is 30.2 Å². The number of benzene rings is 2. The summed E-state index contributed by atoms with van der Waals surface area (Å²) in [5.41, 5.74) is 1.08. The van der Waals surface area contributed by atoms with Gasteiger partial charge in [-0.2, -0.15) is 4.98 Å². The highest BCUT2D eigenvalue weighted by atomic mass is 16.6. The summed E-state index contributed by atoms with van der Waals surface area (Å²) in [6.45, 7) is 5.40. The Morgan fingerprint density at radius 2 is 1.58 bits per heavy atom. The molecule has 2 aromatic carbocycles. The van der Waals surface area contributed by atoms with Crippen LogP contribution in [0.4, 0.5) is 11.8 Å². The van der Waals surface area contributed by atoms with Crippen LogP contribution in [0.2, 0.25) is 0 Å². The molecular formula is C24H28N4O3. The minimum absolute atomic E-state index is 0.169. The highest BCUT2D eigenvalue weighted by molar-refractivity contribution is 6.01. The summed E-state index contributed by atoms with van der Waals surface area (Å²) in [6, 6.07) is 18.8. The molecule has 1 heterocycles. The minimum Gasteiger partial charge on any atom is -0.455 e. The van der Waals surface area contributed by atoms with E-state index in [1.807, 2.05) is 74.8 Å². The summed E-state index contributed by atoms with van der Waals surface area (Å²) in [4.78, 5) is 32.3. The van der Waals surface area contributed by atoms with Gasteiger partial charge >= 0.3 is 5.97 Å². The summed E-state index contributed by atoms with van der Waals surface area (Å²) in [5.74, 6) is -0.157. The monoisotopic (exact) mass is 420 g/mol. The van der Waals surface area contributed by atoms with Crippen LogP contribution in [0.5, 0.6) is 0 Å². The summed E-state index contributed by atoms with van der Waals surface area (Å²) < 4.78 is 7.35. The van der Waals surface area contributed by atoms with E-state index in [9.17, 15) is 9.59 Å². The lowest BCUT2D eigenvalue weighted by atomic mass is 10.1. The maximum absolute atomic E-state index is 13.2. The zero-order valence-corrected chi connectivity index (χ0v) is 18.5. The Morgan fingerprint density at radius 3 is 2.13 bits per heavy atom. The Balaban J connectivity index is 2.07. The first kappa shape index (κ1) is 22.1. The van der Waals surface area contributed by atoms with Gasteiger partial charge in [0.2, 0.25) is 11.9 Å². The molecule has 7 nitrogen and oxygen atoms in total. The largest absolute Gasteiger partial charge is 0.455 e. The number of carbonyl (C=O) groups is 2. The van der Waals surface area contributed by atoms with Gasteiger partial charge in [-0.05, 0) is 38.5 Å². The molecule has 3 rings (SSSR count). The summed E-state index contributed by atoms with van der Waals surface area (Å²) in [6.07, 6.45) is 0.171. The lowest BCUT2D eigenvalue weighted by molar-refractivity contribution is -0.115. The SMILES string of the molecule is CN(C)c1nc(NC(=O)Cc2ccccc2)c(C(=O)OC(C)(C)C)n1-c1ccccc1. The second-order valence-corrected chi connectivity index (χ2v) is 8.39. The third kappa shape index (κ3) is 5.51. The van der Waals surface area contributed by atoms with E-state index in [0.29, 0.717) is 5.95 Å². The molecule has 0 radical (unpaired) electrons. The van der Waals surface area contributed by atoms with Crippen molar-refractivity contribution < 1.29 is 14.3 Å². The third-order valence-corrected chi connectivity index (χ3v) is 4.33. The van der Waals surface area contributed by atoms with Gasteiger partial charge < -0.3 is 15.0 Å². The van der Waals surface area contributed by atoms with Gasteiger partial charge in [-0.25, -0.2) is 4.79 Å². The fraction of sp³-hybridized carbons (Fsp3) is 0.292. The number of nitrogens with zero attached hydrogens (tertiary/aromatic N) is 3. The normalized spacial score (nSPS) is 11.1. The highest BCUT2D eigenvalue weighted by Crippen LogP contribution is 2.29. The van der Waals surface area contributed by atoms with Crippen LogP contribution >= 0.6 is 0 Å². The predicted octanol–water partition coefficient (Wildman–Crippen LogP) is 4.07. The van der Waals surface area contributed by atoms with E-state index in [-0.39, 0.29) is 23.8 Å². The summed E-state index contributed by atoms with van der Waals surface area (Å²) in [5, 5.41) is 2.81. The van der Waals surface area contributed by atoms with Crippen LogP contribution in [0.15, 0.2) is 60.7 Å². The molecule has 162 valence electrons. The number of hydrogen-bond donors (Lipinski definition) is 1. The first-order chi connectivity index (χ1) is 14.7. The van der Waals surface area contributed by atoms with E-state index >= 15 is 0 Å². The van der Waals surface area contributed by atoms with Gasteiger partial charge in [0.25, 0.3) is 0 Å². The van der Waals surface area contributed by atoms with Crippen LogP contribution in [0.1, 0.15) is 36.8 Å². The van der Waals surface area contributed by atoms with Gasteiger partial charge in [0.15, 0.2) is 11.5 Å². The molecule has 0 atom stereocenters. The number of imidazole rings is 1. The molecule has 0 unspecified atom stereocenters. The first-order valence-electron chi connectivity index (χ1n) is 10.1. The number of esters is 1. The summed E-state index contributed by atoms with van der Waals surface area (Å²) in [7, 11) is 3.66. The van der Waals surface area contributed by atoms with Crippen molar-refractivity contribution in [3.63, 3.8) is 0 Å². The van der Waals surface area contributed by atoms with Crippen LogP contribution in [-0.2, 0) is 16.0 Å². The van der Waals surface area contributed by atoms with Crippen LogP contribution in [0.25, 0.3) is 5.69 Å². The Kier molecular flexibility index (Phi) is 6.44. The first-order valence-corrected chi connectivity index (χ1v) is 10.1. The molecule has 0 bridgehead atoms. The maximum atomic E-state index is 13.2.